The van der Waals surface area contributed by atoms with Crippen LogP contribution in [0.15, 0.2) is 64.8 Å². The molecule has 5 rings (SSSR count). The quantitative estimate of drug-likeness (QED) is 0.367. The van der Waals surface area contributed by atoms with Gasteiger partial charge in [0.1, 0.15) is 16.3 Å². The Morgan fingerprint density at radius 2 is 1.97 bits per heavy atom. The highest BCUT2D eigenvalue weighted by Crippen LogP contribution is 2.47. The number of hydrogen-bond donors (Lipinski definition) is 3. The number of anilines is 2. The number of thiazole rings is 1. The second-order valence-corrected chi connectivity index (χ2v) is 8.74. The Hall–Kier alpha value is -3.51. The lowest BCUT2D eigenvalue weighted by Crippen LogP contribution is -2.27. The number of halogens is 2. The minimum atomic E-state index is -0.837. The number of nitriles is 1. The summed E-state index contributed by atoms with van der Waals surface area (Å²) in [5.41, 5.74) is 7.64. The van der Waals surface area contributed by atoms with Crippen LogP contribution in [0.5, 0.6) is 5.75 Å². The molecule has 10 heteroatoms. The van der Waals surface area contributed by atoms with Crippen LogP contribution < -0.4 is 21.3 Å². The molecule has 1 aliphatic rings. The van der Waals surface area contributed by atoms with Crippen molar-refractivity contribution in [1.29, 1.82) is 5.26 Å². The first-order valence-corrected chi connectivity index (χ1v) is 11.0. The van der Waals surface area contributed by atoms with Crippen LogP contribution in [0.2, 0.25) is 10.0 Å². The lowest BCUT2D eigenvalue weighted by atomic mass is 9.84. The van der Waals surface area contributed by atoms with E-state index in [4.69, 9.17) is 33.7 Å². The number of nitrogens with one attached hydrogen (secondary N) is 2. The number of allylic oxidation sites excluding steroid dienone is 1. The zero-order valence-electron chi connectivity index (χ0n) is 16.1. The molecule has 0 spiro atoms. The number of fused-ring (bicyclic) bond motifs is 3. The minimum Gasteiger partial charge on any atom is -0.438 e. The monoisotopic (exact) mass is 481 g/mol. The Balaban J connectivity index is 1.73. The van der Waals surface area contributed by atoms with Crippen molar-refractivity contribution < 1.29 is 4.74 Å². The summed E-state index contributed by atoms with van der Waals surface area (Å²) in [5.74, 6) is -0.686. The van der Waals surface area contributed by atoms with Crippen molar-refractivity contribution in [2.24, 2.45) is 5.73 Å². The van der Waals surface area contributed by atoms with E-state index < -0.39 is 11.5 Å². The highest BCUT2D eigenvalue weighted by molar-refractivity contribution is 7.22. The fourth-order valence-electron chi connectivity index (χ4n) is 3.65. The summed E-state index contributed by atoms with van der Waals surface area (Å²) in [6.45, 7) is 0. The van der Waals surface area contributed by atoms with Crippen LogP contribution in [-0.2, 0) is 0 Å². The van der Waals surface area contributed by atoms with Gasteiger partial charge in [0.2, 0.25) is 5.88 Å². The molecule has 2 aromatic carbocycles. The summed E-state index contributed by atoms with van der Waals surface area (Å²) in [6.07, 6.45) is 0. The van der Waals surface area contributed by atoms with Gasteiger partial charge < -0.3 is 20.8 Å². The molecule has 32 heavy (non-hydrogen) atoms. The van der Waals surface area contributed by atoms with E-state index in [2.05, 4.69) is 21.4 Å². The number of hydrogen-bond acceptors (Lipinski definition) is 7. The van der Waals surface area contributed by atoms with Crippen LogP contribution in [0.4, 0.5) is 10.8 Å². The minimum absolute atomic E-state index is 0.0821. The molecule has 158 valence electrons. The molecule has 4 aromatic rings. The molecule has 1 aliphatic heterocycles. The van der Waals surface area contributed by atoms with Gasteiger partial charge >= 0.3 is 0 Å². The molecular weight excluding hydrogens is 469 g/mol. The van der Waals surface area contributed by atoms with E-state index in [1.807, 2.05) is 30.3 Å². The SMILES string of the molecule is N#CC1=C(N)Oc2c(c(=O)[nH]c3nc(Nc4ccccc4)sc23)C1c1cccc(Cl)c1Cl. The number of pyridine rings is 1. The molecule has 0 fully saturated rings. The van der Waals surface area contributed by atoms with E-state index in [1.54, 1.807) is 18.2 Å². The third-order valence-electron chi connectivity index (χ3n) is 5.05. The summed E-state index contributed by atoms with van der Waals surface area (Å²) in [7, 11) is 0. The standard InChI is InChI=1S/C22H13Cl2N5O2S/c23-13-8-4-7-11(16(13)24)14-12(9-25)19(26)31-17-15(14)21(30)28-20-18(17)32-22(29-20)27-10-5-2-1-3-6-10/h1-8,14H,26H2,(H2,27,28,29,30). The number of ether oxygens (including phenoxy) is 1. The highest BCUT2D eigenvalue weighted by atomic mass is 35.5. The number of H-pyrrole nitrogens is 1. The first-order valence-electron chi connectivity index (χ1n) is 9.38. The van der Waals surface area contributed by atoms with E-state index in [9.17, 15) is 10.1 Å². The Morgan fingerprint density at radius 1 is 1.19 bits per heavy atom. The van der Waals surface area contributed by atoms with Crippen LogP contribution in [0.3, 0.4) is 0 Å². The molecule has 1 unspecified atom stereocenters. The molecule has 3 heterocycles. The molecule has 0 saturated heterocycles. The summed E-state index contributed by atoms with van der Waals surface area (Å²) in [4.78, 5) is 20.4. The van der Waals surface area contributed by atoms with Gasteiger partial charge in [0.15, 0.2) is 16.5 Å². The molecule has 0 aliphatic carbocycles. The van der Waals surface area contributed by atoms with Gasteiger partial charge in [-0.15, -0.1) is 0 Å². The Kier molecular flexibility index (Phi) is 5.02. The van der Waals surface area contributed by atoms with Gasteiger partial charge in [0.25, 0.3) is 5.56 Å². The smallest absolute Gasteiger partial charge is 0.257 e. The number of rotatable bonds is 3. The van der Waals surface area contributed by atoms with Crippen LogP contribution in [0.25, 0.3) is 10.3 Å². The van der Waals surface area contributed by atoms with Crippen molar-refractivity contribution in [2.75, 3.05) is 5.32 Å². The van der Waals surface area contributed by atoms with E-state index in [-0.39, 0.29) is 27.8 Å². The zero-order valence-corrected chi connectivity index (χ0v) is 18.5. The lowest BCUT2D eigenvalue weighted by molar-refractivity contribution is 0.397. The third kappa shape index (κ3) is 3.28. The van der Waals surface area contributed by atoms with Gasteiger partial charge in [-0.3, -0.25) is 4.79 Å². The predicted molar refractivity (Wildman–Crippen MR) is 126 cm³/mol. The summed E-state index contributed by atoms with van der Waals surface area (Å²) >= 11 is 14.0. The number of nitrogens with zero attached hydrogens (tertiary/aromatic N) is 2. The average molecular weight is 482 g/mol. The van der Waals surface area contributed by atoms with Crippen LogP contribution in [-0.4, -0.2) is 9.97 Å². The molecule has 1 atom stereocenters. The van der Waals surface area contributed by atoms with Crippen molar-refractivity contribution in [3.63, 3.8) is 0 Å². The fraction of sp³-hybridized carbons (Fsp3) is 0.0455. The first kappa shape index (κ1) is 20.4. The second-order valence-electron chi connectivity index (χ2n) is 6.95. The summed E-state index contributed by atoms with van der Waals surface area (Å²) in [5, 5.41) is 14.1. The molecule has 2 aromatic heterocycles. The van der Waals surface area contributed by atoms with E-state index >= 15 is 0 Å². The molecule has 0 radical (unpaired) electrons. The first-order chi connectivity index (χ1) is 15.5. The summed E-state index contributed by atoms with van der Waals surface area (Å²) < 4.78 is 6.38. The Morgan fingerprint density at radius 3 is 2.72 bits per heavy atom. The molecule has 7 nitrogen and oxygen atoms in total. The second kappa shape index (κ2) is 7.88. The predicted octanol–water partition coefficient (Wildman–Crippen LogP) is 5.25. The highest BCUT2D eigenvalue weighted by Gasteiger charge is 2.36. The third-order valence-corrected chi connectivity index (χ3v) is 6.85. The number of aromatic nitrogens is 2. The van der Waals surface area contributed by atoms with E-state index in [0.717, 1.165) is 5.69 Å². The zero-order chi connectivity index (χ0) is 22.4. The molecular formula is C22H13Cl2N5O2S. The van der Waals surface area contributed by atoms with Crippen molar-refractivity contribution in [2.45, 2.75) is 5.92 Å². The van der Waals surface area contributed by atoms with Gasteiger partial charge in [-0.2, -0.15) is 5.26 Å². The molecule has 4 N–H and O–H groups in total. The van der Waals surface area contributed by atoms with Crippen LogP contribution >= 0.6 is 34.5 Å². The van der Waals surface area contributed by atoms with Gasteiger partial charge in [0.05, 0.1) is 21.5 Å². The van der Waals surface area contributed by atoms with E-state index in [0.29, 0.717) is 26.1 Å². The van der Waals surface area contributed by atoms with Crippen molar-refractivity contribution in [3.8, 4) is 11.8 Å². The average Bonchev–Trinajstić information content (AvgIpc) is 3.18. The molecule has 0 bridgehead atoms. The normalized spacial score (nSPS) is 15.2. The lowest BCUT2D eigenvalue weighted by Gasteiger charge is -2.26. The largest absolute Gasteiger partial charge is 0.438 e. The Labute approximate surface area is 195 Å². The van der Waals surface area contributed by atoms with Crippen molar-refractivity contribution in [1.82, 2.24) is 9.97 Å². The van der Waals surface area contributed by atoms with Crippen molar-refractivity contribution >= 4 is 55.7 Å². The fourth-order valence-corrected chi connectivity index (χ4v) is 5.00. The topological polar surface area (TPSA) is 117 Å². The number of nitrogens with two attached hydrogens (primary N) is 1. The molecule has 0 amide bonds. The maximum atomic E-state index is 13.2. The van der Waals surface area contributed by atoms with Crippen molar-refractivity contribution in [3.05, 3.63) is 91.5 Å². The van der Waals surface area contributed by atoms with Gasteiger partial charge in [-0.25, -0.2) is 4.98 Å². The summed E-state index contributed by atoms with van der Waals surface area (Å²) in [6, 6.07) is 16.6. The van der Waals surface area contributed by atoms with Gasteiger partial charge in [-0.1, -0.05) is 64.9 Å². The van der Waals surface area contributed by atoms with Gasteiger partial charge in [-0.05, 0) is 23.8 Å². The number of para-hydroxylation sites is 1. The Bertz CT molecular complexity index is 1500. The number of benzene rings is 2. The number of aromatic amines is 1. The van der Waals surface area contributed by atoms with Gasteiger partial charge in [0, 0.05) is 5.69 Å². The van der Waals surface area contributed by atoms with E-state index in [1.165, 1.54) is 11.3 Å². The molecule has 0 saturated carbocycles. The maximum absolute atomic E-state index is 13.2. The van der Waals surface area contributed by atoms with Crippen LogP contribution in [0, 0.1) is 11.3 Å². The van der Waals surface area contributed by atoms with Crippen LogP contribution in [0.1, 0.15) is 17.0 Å². The maximum Gasteiger partial charge on any atom is 0.257 e.